The molecule has 78 valence electrons. The molecule has 1 saturated heterocycles. The summed E-state index contributed by atoms with van der Waals surface area (Å²) in [4.78, 5) is 11.8. The third-order valence-electron chi connectivity index (χ3n) is 1.63. The number of hydrogen-bond acceptors (Lipinski definition) is 1. The highest BCUT2D eigenvalue weighted by Crippen LogP contribution is 2.07. The van der Waals surface area contributed by atoms with E-state index in [2.05, 4.69) is 0 Å². The minimum absolute atomic E-state index is 0.306. The van der Waals surface area contributed by atoms with Gasteiger partial charge in [0.2, 0.25) is 0 Å². The number of rotatable bonds is 0. The van der Waals surface area contributed by atoms with E-state index in [0.29, 0.717) is 5.38 Å². The zero-order valence-corrected chi connectivity index (χ0v) is 9.05. The van der Waals surface area contributed by atoms with Crippen molar-refractivity contribution in [2.75, 3.05) is 13.1 Å². The minimum Gasteiger partial charge on any atom is -0.465 e. The molecule has 4 heteroatoms. The fraction of sp³-hybridized carbons (Fsp3) is 0.889. The maximum Gasteiger partial charge on any atom is 0.407 e. The topological polar surface area (TPSA) is 40.5 Å². The van der Waals surface area contributed by atoms with Crippen molar-refractivity contribution in [1.82, 2.24) is 4.90 Å². The lowest BCUT2D eigenvalue weighted by atomic mass is 10.1. The van der Waals surface area contributed by atoms with E-state index >= 15 is 0 Å². The Balaban J connectivity index is 0.000000310. The first kappa shape index (κ1) is 12.6. The maximum atomic E-state index is 10.3. The molecule has 1 amide bonds. The van der Waals surface area contributed by atoms with Crippen LogP contribution in [0.15, 0.2) is 0 Å². The van der Waals surface area contributed by atoms with Gasteiger partial charge >= 0.3 is 6.09 Å². The molecule has 0 unspecified atom stereocenters. The van der Waals surface area contributed by atoms with E-state index in [-0.39, 0.29) is 0 Å². The molecule has 0 spiro atoms. The van der Waals surface area contributed by atoms with E-state index in [1.54, 1.807) is 0 Å². The van der Waals surface area contributed by atoms with Gasteiger partial charge < -0.3 is 10.0 Å². The Morgan fingerprint density at radius 3 is 1.92 bits per heavy atom. The van der Waals surface area contributed by atoms with E-state index in [1.165, 1.54) is 11.3 Å². The van der Waals surface area contributed by atoms with Crippen LogP contribution >= 0.6 is 11.6 Å². The molecule has 1 fully saturated rings. The molecule has 0 saturated carbocycles. The highest BCUT2D eigenvalue weighted by Gasteiger charge is 2.13. The first-order valence-electron chi connectivity index (χ1n) is 4.66. The Morgan fingerprint density at radius 1 is 1.31 bits per heavy atom. The lowest BCUT2D eigenvalue weighted by molar-refractivity contribution is 0.136. The van der Waals surface area contributed by atoms with Crippen molar-refractivity contribution in [3.8, 4) is 0 Å². The van der Waals surface area contributed by atoms with Crippen molar-refractivity contribution in [2.45, 2.75) is 38.5 Å². The van der Waals surface area contributed by atoms with Crippen molar-refractivity contribution in [2.24, 2.45) is 0 Å². The number of halogens is 1. The van der Waals surface area contributed by atoms with Gasteiger partial charge in [0.25, 0.3) is 0 Å². The molecule has 1 aliphatic heterocycles. The van der Waals surface area contributed by atoms with Gasteiger partial charge in [0.1, 0.15) is 0 Å². The summed E-state index contributed by atoms with van der Waals surface area (Å²) in [5.41, 5.74) is 0. The van der Waals surface area contributed by atoms with Gasteiger partial charge in [-0.1, -0.05) is 0 Å². The van der Waals surface area contributed by atoms with Gasteiger partial charge in [-0.05, 0) is 33.1 Å². The third-order valence-corrected chi connectivity index (χ3v) is 1.63. The van der Waals surface area contributed by atoms with Crippen molar-refractivity contribution < 1.29 is 9.90 Å². The van der Waals surface area contributed by atoms with Crippen LogP contribution < -0.4 is 0 Å². The van der Waals surface area contributed by atoms with E-state index in [9.17, 15) is 4.79 Å². The van der Waals surface area contributed by atoms with E-state index < -0.39 is 6.09 Å². The van der Waals surface area contributed by atoms with Crippen LogP contribution in [0.1, 0.15) is 33.1 Å². The van der Waals surface area contributed by atoms with Gasteiger partial charge in [-0.2, -0.15) is 0 Å². The van der Waals surface area contributed by atoms with Crippen LogP contribution in [0.2, 0.25) is 0 Å². The summed E-state index contributed by atoms with van der Waals surface area (Å²) in [6.07, 6.45) is 2.48. The molecule has 0 aromatic rings. The average molecular weight is 208 g/mol. The quantitative estimate of drug-likeness (QED) is 0.621. The molecule has 0 aliphatic carbocycles. The van der Waals surface area contributed by atoms with Crippen molar-refractivity contribution in [3.63, 3.8) is 0 Å². The molecule has 0 bridgehead atoms. The zero-order chi connectivity index (χ0) is 10.3. The van der Waals surface area contributed by atoms with E-state index in [4.69, 9.17) is 16.7 Å². The number of hydrogen-bond donors (Lipinski definition) is 1. The summed E-state index contributed by atoms with van der Waals surface area (Å²) in [7, 11) is 0. The summed E-state index contributed by atoms with van der Waals surface area (Å²) in [5, 5.41) is 8.77. The first-order valence-corrected chi connectivity index (χ1v) is 5.09. The first-order chi connectivity index (χ1) is 6.04. The Bertz CT molecular complexity index is 142. The highest BCUT2D eigenvalue weighted by molar-refractivity contribution is 6.20. The van der Waals surface area contributed by atoms with Crippen LogP contribution in [-0.4, -0.2) is 34.6 Å². The van der Waals surface area contributed by atoms with Gasteiger partial charge in [0, 0.05) is 18.5 Å². The fourth-order valence-electron chi connectivity index (χ4n) is 1.09. The third kappa shape index (κ3) is 7.91. The number of carbonyl (C=O) groups is 1. The summed E-state index contributed by atoms with van der Waals surface area (Å²) in [5.74, 6) is 0. The summed E-state index contributed by atoms with van der Waals surface area (Å²) in [6, 6.07) is 0. The molecule has 0 aromatic heterocycles. The summed E-state index contributed by atoms with van der Waals surface area (Å²) in [6.45, 7) is 5.33. The SMILES string of the molecule is CC(C)Cl.O=C(O)N1CCCCC1. The molecule has 1 aliphatic rings. The molecular formula is C9H18ClNO2. The van der Waals surface area contributed by atoms with Crippen molar-refractivity contribution in [1.29, 1.82) is 0 Å². The standard InChI is InChI=1S/C6H11NO2.C3H7Cl/c8-6(9)7-4-2-1-3-5-7;1-3(2)4/h1-5H2,(H,8,9);3H,1-2H3. The average Bonchev–Trinajstić information content (AvgIpc) is 2.05. The molecule has 1 heterocycles. The van der Waals surface area contributed by atoms with Crippen LogP contribution in [0, 0.1) is 0 Å². The van der Waals surface area contributed by atoms with Crippen LogP contribution in [0.3, 0.4) is 0 Å². The van der Waals surface area contributed by atoms with Gasteiger partial charge in [0.05, 0.1) is 0 Å². The number of alkyl halides is 1. The molecular weight excluding hydrogens is 190 g/mol. The normalized spacial score (nSPS) is 16.5. The summed E-state index contributed by atoms with van der Waals surface area (Å²) >= 11 is 5.27. The lowest BCUT2D eigenvalue weighted by Crippen LogP contribution is -2.34. The number of piperidine rings is 1. The number of carboxylic acid groups (broad SMARTS) is 1. The van der Waals surface area contributed by atoms with Crippen LogP contribution in [0.5, 0.6) is 0 Å². The number of nitrogens with zero attached hydrogens (tertiary/aromatic N) is 1. The molecule has 0 radical (unpaired) electrons. The second kappa shape index (κ2) is 7.01. The van der Waals surface area contributed by atoms with Crippen LogP contribution in [0.4, 0.5) is 4.79 Å². The second-order valence-electron chi connectivity index (χ2n) is 3.34. The maximum absolute atomic E-state index is 10.3. The van der Waals surface area contributed by atoms with E-state index in [0.717, 1.165) is 25.9 Å². The predicted octanol–water partition coefficient (Wildman–Crippen LogP) is 2.78. The van der Waals surface area contributed by atoms with Crippen LogP contribution in [0.25, 0.3) is 0 Å². The molecule has 0 aromatic carbocycles. The van der Waals surface area contributed by atoms with Crippen LogP contribution in [-0.2, 0) is 0 Å². The number of amides is 1. The minimum atomic E-state index is -0.769. The Hall–Kier alpha value is -0.440. The molecule has 0 atom stereocenters. The van der Waals surface area contributed by atoms with E-state index in [1.807, 2.05) is 13.8 Å². The van der Waals surface area contributed by atoms with Crippen molar-refractivity contribution in [3.05, 3.63) is 0 Å². The predicted molar refractivity (Wildman–Crippen MR) is 54.4 cm³/mol. The summed E-state index contributed by atoms with van der Waals surface area (Å²) < 4.78 is 0. The lowest BCUT2D eigenvalue weighted by Gasteiger charge is -2.22. The van der Waals surface area contributed by atoms with Gasteiger partial charge in [-0.25, -0.2) is 4.79 Å². The van der Waals surface area contributed by atoms with Gasteiger partial charge in [-0.3, -0.25) is 0 Å². The highest BCUT2D eigenvalue weighted by atomic mass is 35.5. The molecule has 1 rings (SSSR count). The second-order valence-corrected chi connectivity index (χ2v) is 4.22. The largest absolute Gasteiger partial charge is 0.465 e. The molecule has 13 heavy (non-hydrogen) atoms. The van der Waals surface area contributed by atoms with Gasteiger partial charge in [0.15, 0.2) is 0 Å². The van der Waals surface area contributed by atoms with Gasteiger partial charge in [-0.15, -0.1) is 11.6 Å². The fourth-order valence-corrected chi connectivity index (χ4v) is 1.09. The Kier molecular flexibility index (Phi) is 6.77. The monoisotopic (exact) mass is 207 g/mol. The molecule has 3 nitrogen and oxygen atoms in total. The smallest absolute Gasteiger partial charge is 0.407 e. The van der Waals surface area contributed by atoms with Crippen molar-refractivity contribution >= 4 is 17.7 Å². The Labute approximate surface area is 84.7 Å². The number of likely N-dealkylation sites (tertiary alicyclic amines) is 1. The zero-order valence-electron chi connectivity index (χ0n) is 8.29. The Morgan fingerprint density at radius 2 is 1.69 bits per heavy atom. The molecule has 1 N–H and O–H groups in total.